The second kappa shape index (κ2) is 8.04. The maximum atomic E-state index is 13.1. The first-order valence-corrected chi connectivity index (χ1v) is 9.22. The average Bonchev–Trinajstić information content (AvgIpc) is 2.64. The van der Waals surface area contributed by atoms with Crippen molar-refractivity contribution >= 4 is 29.2 Å². The molecule has 1 aromatic carbocycles. The second-order valence-corrected chi connectivity index (χ2v) is 7.11. The van der Waals surface area contributed by atoms with E-state index in [9.17, 15) is 14.0 Å². The van der Waals surface area contributed by atoms with Gasteiger partial charge in [-0.1, -0.05) is 30.9 Å². The summed E-state index contributed by atoms with van der Waals surface area (Å²) in [6.07, 6.45) is 5.48. The number of hydrogen-bond acceptors (Lipinski definition) is 2. The van der Waals surface area contributed by atoms with Crippen molar-refractivity contribution in [2.24, 2.45) is 5.92 Å². The molecule has 5 nitrogen and oxygen atoms in total. The van der Waals surface area contributed by atoms with E-state index in [2.05, 4.69) is 5.32 Å². The van der Waals surface area contributed by atoms with Crippen molar-refractivity contribution < 1.29 is 14.0 Å². The van der Waals surface area contributed by atoms with Crippen molar-refractivity contribution in [3.63, 3.8) is 0 Å². The highest BCUT2D eigenvalue weighted by Crippen LogP contribution is 2.26. The van der Waals surface area contributed by atoms with Crippen molar-refractivity contribution in [1.29, 1.82) is 0 Å². The number of piperazine rings is 1. The van der Waals surface area contributed by atoms with Gasteiger partial charge in [0.1, 0.15) is 5.82 Å². The summed E-state index contributed by atoms with van der Waals surface area (Å²) in [6, 6.07) is 3.58. The Bertz CT molecular complexity index is 641. The number of hydrogen-bond donors (Lipinski definition) is 1. The summed E-state index contributed by atoms with van der Waals surface area (Å²) in [5, 5.41) is 2.87. The van der Waals surface area contributed by atoms with Gasteiger partial charge >= 0.3 is 6.03 Å². The molecule has 1 aromatic rings. The molecule has 1 heterocycles. The van der Waals surface area contributed by atoms with Crippen LogP contribution in [0.5, 0.6) is 0 Å². The van der Waals surface area contributed by atoms with Gasteiger partial charge in [0.25, 0.3) is 0 Å². The van der Waals surface area contributed by atoms with Crippen LogP contribution in [0.25, 0.3) is 0 Å². The number of urea groups is 1. The molecule has 0 unspecified atom stereocenters. The Balaban J connectivity index is 1.51. The number of carbonyl (C=O) groups excluding carboxylic acids is 2. The van der Waals surface area contributed by atoms with Crippen LogP contribution in [-0.2, 0) is 4.79 Å². The Morgan fingerprint density at radius 2 is 1.68 bits per heavy atom. The maximum Gasteiger partial charge on any atom is 0.322 e. The maximum absolute atomic E-state index is 13.1. The Labute approximate surface area is 152 Å². The molecule has 0 radical (unpaired) electrons. The number of anilines is 1. The van der Waals surface area contributed by atoms with Crippen LogP contribution in [0, 0.1) is 11.7 Å². The van der Waals surface area contributed by atoms with Crippen LogP contribution in [-0.4, -0.2) is 47.9 Å². The summed E-state index contributed by atoms with van der Waals surface area (Å²) in [6.45, 7) is 2.09. The number of nitrogens with zero attached hydrogens (tertiary/aromatic N) is 2. The van der Waals surface area contributed by atoms with Crippen LogP contribution in [0.1, 0.15) is 32.1 Å². The molecule has 1 saturated heterocycles. The number of halogens is 2. The zero-order valence-corrected chi connectivity index (χ0v) is 14.9. The average molecular weight is 368 g/mol. The molecule has 7 heteroatoms. The minimum atomic E-state index is -0.446. The van der Waals surface area contributed by atoms with Crippen molar-refractivity contribution in [2.75, 3.05) is 31.5 Å². The fourth-order valence-electron chi connectivity index (χ4n) is 3.52. The lowest BCUT2D eigenvalue weighted by Crippen LogP contribution is -2.53. The number of nitrogens with one attached hydrogen (secondary N) is 1. The molecule has 0 bridgehead atoms. The molecule has 2 aliphatic rings. The van der Waals surface area contributed by atoms with Crippen LogP contribution in [0.4, 0.5) is 14.9 Å². The Kier molecular flexibility index (Phi) is 5.78. The van der Waals surface area contributed by atoms with Gasteiger partial charge in [0, 0.05) is 32.1 Å². The zero-order chi connectivity index (χ0) is 17.8. The van der Waals surface area contributed by atoms with Gasteiger partial charge in [-0.3, -0.25) is 4.79 Å². The fraction of sp³-hybridized carbons (Fsp3) is 0.556. The molecule has 1 N–H and O–H groups in total. The van der Waals surface area contributed by atoms with Gasteiger partial charge < -0.3 is 15.1 Å². The zero-order valence-electron chi connectivity index (χ0n) is 14.1. The first-order valence-electron chi connectivity index (χ1n) is 8.84. The van der Waals surface area contributed by atoms with E-state index in [0.717, 1.165) is 31.7 Å². The Morgan fingerprint density at radius 3 is 2.32 bits per heavy atom. The third kappa shape index (κ3) is 4.42. The van der Waals surface area contributed by atoms with Crippen molar-refractivity contribution in [3.8, 4) is 0 Å². The standard InChI is InChI=1S/C18H23ClFN3O2/c19-15-12-14(20)6-7-16(15)21-18(25)23-10-8-22(9-11-23)17(24)13-4-2-1-3-5-13/h6-7,12-13H,1-5,8-11H2,(H,21,25). The molecule has 0 spiro atoms. The summed E-state index contributed by atoms with van der Waals surface area (Å²) in [4.78, 5) is 28.4. The van der Waals surface area contributed by atoms with Gasteiger partial charge in [0.05, 0.1) is 10.7 Å². The highest BCUT2D eigenvalue weighted by Gasteiger charge is 2.29. The van der Waals surface area contributed by atoms with E-state index in [4.69, 9.17) is 11.6 Å². The number of amides is 3. The molecule has 1 aliphatic carbocycles. The molecule has 1 aliphatic heterocycles. The van der Waals surface area contributed by atoms with Crippen LogP contribution < -0.4 is 5.32 Å². The monoisotopic (exact) mass is 367 g/mol. The Morgan fingerprint density at radius 1 is 1.04 bits per heavy atom. The molecule has 0 atom stereocenters. The quantitative estimate of drug-likeness (QED) is 0.865. The lowest BCUT2D eigenvalue weighted by atomic mass is 9.88. The van der Waals surface area contributed by atoms with Gasteiger partial charge in [0.15, 0.2) is 0 Å². The number of benzene rings is 1. The molecule has 3 rings (SSSR count). The van der Waals surface area contributed by atoms with E-state index >= 15 is 0 Å². The molecule has 3 amide bonds. The highest BCUT2D eigenvalue weighted by atomic mass is 35.5. The first kappa shape index (κ1) is 18.0. The Hall–Kier alpha value is -1.82. The molecular formula is C18H23ClFN3O2. The minimum absolute atomic E-state index is 0.159. The third-order valence-corrected chi connectivity index (χ3v) is 5.32. The van der Waals surface area contributed by atoms with Crippen molar-refractivity contribution in [2.45, 2.75) is 32.1 Å². The van der Waals surface area contributed by atoms with Crippen molar-refractivity contribution in [3.05, 3.63) is 29.0 Å². The summed E-state index contributed by atoms with van der Waals surface area (Å²) in [5.74, 6) is -0.0497. The SMILES string of the molecule is O=C(Nc1ccc(F)cc1Cl)N1CCN(C(=O)C2CCCCC2)CC1. The van der Waals surface area contributed by atoms with Gasteiger partial charge in [-0.15, -0.1) is 0 Å². The van der Waals surface area contributed by atoms with Gasteiger partial charge in [-0.05, 0) is 31.0 Å². The summed E-state index contributed by atoms with van der Waals surface area (Å²) in [5.41, 5.74) is 0.383. The van der Waals surface area contributed by atoms with Gasteiger partial charge in [-0.25, -0.2) is 9.18 Å². The van der Waals surface area contributed by atoms with E-state index < -0.39 is 5.82 Å². The lowest BCUT2D eigenvalue weighted by Gasteiger charge is -2.37. The summed E-state index contributed by atoms with van der Waals surface area (Å²) >= 11 is 5.94. The van der Waals surface area contributed by atoms with Crippen LogP contribution in [0.2, 0.25) is 5.02 Å². The molecule has 1 saturated carbocycles. The van der Waals surface area contributed by atoms with E-state index in [0.29, 0.717) is 31.9 Å². The molecule has 0 aromatic heterocycles. The minimum Gasteiger partial charge on any atom is -0.339 e. The largest absolute Gasteiger partial charge is 0.339 e. The van der Waals surface area contributed by atoms with E-state index in [1.54, 1.807) is 4.90 Å². The van der Waals surface area contributed by atoms with Crippen LogP contribution in [0.3, 0.4) is 0 Å². The second-order valence-electron chi connectivity index (χ2n) is 6.70. The van der Waals surface area contributed by atoms with E-state index in [1.807, 2.05) is 4.90 Å². The lowest BCUT2D eigenvalue weighted by molar-refractivity contribution is -0.138. The third-order valence-electron chi connectivity index (χ3n) is 5.01. The number of carbonyl (C=O) groups is 2. The number of rotatable bonds is 2. The summed E-state index contributed by atoms with van der Waals surface area (Å²) < 4.78 is 13.1. The predicted molar refractivity (Wildman–Crippen MR) is 95.2 cm³/mol. The summed E-state index contributed by atoms with van der Waals surface area (Å²) in [7, 11) is 0. The normalized spacial score (nSPS) is 19.0. The first-order chi connectivity index (χ1) is 12.0. The smallest absolute Gasteiger partial charge is 0.322 e. The van der Waals surface area contributed by atoms with Gasteiger partial charge in [0.2, 0.25) is 5.91 Å². The van der Waals surface area contributed by atoms with Crippen molar-refractivity contribution in [1.82, 2.24) is 9.80 Å². The van der Waals surface area contributed by atoms with E-state index in [1.165, 1.54) is 18.6 Å². The van der Waals surface area contributed by atoms with Crippen LogP contribution >= 0.6 is 11.6 Å². The highest BCUT2D eigenvalue weighted by molar-refractivity contribution is 6.33. The van der Waals surface area contributed by atoms with Crippen LogP contribution in [0.15, 0.2) is 18.2 Å². The molecule has 25 heavy (non-hydrogen) atoms. The molecule has 136 valence electrons. The van der Waals surface area contributed by atoms with Gasteiger partial charge in [-0.2, -0.15) is 0 Å². The van der Waals surface area contributed by atoms with E-state index in [-0.39, 0.29) is 22.9 Å². The molecule has 2 fully saturated rings. The molecular weight excluding hydrogens is 345 g/mol. The predicted octanol–water partition coefficient (Wildman–Crippen LogP) is 3.74. The fourth-order valence-corrected chi connectivity index (χ4v) is 3.74. The topological polar surface area (TPSA) is 52.7 Å².